The molecule has 0 saturated heterocycles. The Morgan fingerprint density at radius 1 is 0.947 bits per heavy atom. The number of ether oxygens (including phenoxy) is 1. The smallest absolute Gasteiger partial charge is 0.119 e. The molecule has 1 N–H and O–H groups in total. The van der Waals surface area contributed by atoms with Gasteiger partial charge in [0.1, 0.15) is 5.75 Å². The summed E-state index contributed by atoms with van der Waals surface area (Å²) in [4.78, 5) is 0. The molecule has 0 aliphatic rings. The van der Waals surface area contributed by atoms with Gasteiger partial charge in [0.25, 0.3) is 0 Å². The van der Waals surface area contributed by atoms with Gasteiger partial charge in [0, 0.05) is 12.6 Å². The molecule has 1 unspecified atom stereocenters. The van der Waals surface area contributed by atoms with Crippen LogP contribution in [0.15, 0.2) is 24.3 Å². The Bertz CT molecular complexity index is 343. The second kappa shape index (κ2) is 8.21. The molecule has 1 atom stereocenters. The van der Waals surface area contributed by atoms with Gasteiger partial charge in [-0.3, -0.25) is 0 Å². The molecule has 19 heavy (non-hydrogen) atoms. The van der Waals surface area contributed by atoms with Crippen molar-refractivity contribution < 1.29 is 4.74 Å². The molecule has 0 aromatic heterocycles. The Kier molecular flexibility index (Phi) is 6.93. The van der Waals surface area contributed by atoms with Gasteiger partial charge < -0.3 is 10.1 Å². The molecule has 2 heteroatoms. The summed E-state index contributed by atoms with van der Waals surface area (Å²) in [5.41, 5.74) is 1.31. The summed E-state index contributed by atoms with van der Waals surface area (Å²) in [5.74, 6) is 1.74. The molecule has 0 bridgehead atoms. The van der Waals surface area contributed by atoms with Gasteiger partial charge in [-0.1, -0.05) is 26.0 Å². The van der Waals surface area contributed by atoms with Crippen molar-refractivity contribution >= 4 is 0 Å². The summed E-state index contributed by atoms with van der Waals surface area (Å²) in [6.07, 6.45) is 2.77. The van der Waals surface area contributed by atoms with Gasteiger partial charge in [-0.2, -0.15) is 0 Å². The summed E-state index contributed by atoms with van der Waals surface area (Å²) in [6, 6.07) is 8.96. The van der Waals surface area contributed by atoms with Gasteiger partial charge in [-0.05, 0) is 57.2 Å². The van der Waals surface area contributed by atoms with Crippen LogP contribution in [0.2, 0.25) is 0 Å². The van der Waals surface area contributed by atoms with Crippen LogP contribution in [-0.4, -0.2) is 12.1 Å². The fourth-order valence-corrected chi connectivity index (χ4v) is 1.94. The molecule has 0 saturated carbocycles. The first-order valence-corrected chi connectivity index (χ1v) is 7.46. The number of hydrogen-bond acceptors (Lipinski definition) is 2. The van der Waals surface area contributed by atoms with Crippen LogP contribution in [0.25, 0.3) is 0 Å². The van der Waals surface area contributed by atoms with E-state index in [0.29, 0.717) is 6.04 Å². The highest BCUT2D eigenvalue weighted by Crippen LogP contribution is 2.14. The zero-order chi connectivity index (χ0) is 14.3. The van der Waals surface area contributed by atoms with E-state index in [-0.39, 0.29) is 6.10 Å². The van der Waals surface area contributed by atoms with E-state index in [1.54, 1.807) is 0 Å². The van der Waals surface area contributed by atoms with E-state index >= 15 is 0 Å². The average Bonchev–Trinajstić information content (AvgIpc) is 2.35. The van der Waals surface area contributed by atoms with E-state index in [1.165, 1.54) is 18.4 Å². The topological polar surface area (TPSA) is 21.3 Å². The molecule has 0 aliphatic carbocycles. The molecule has 1 aromatic rings. The fourth-order valence-electron chi connectivity index (χ4n) is 1.94. The minimum Gasteiger partial charge on any atom is -0.491 e. The number of rotatable bonds is 8. The van der Waals surface area contributed by atoms with Crippen molar-refractivity contribution in [2.24, 2.45) is 5.92 Å². The van der Waals surface area contributed by atoms with Gasteiger partial charge in [0.2, 0.25) is 0 Å². The van der Waals surface area contributed by atoms with Crippen LogP contribution in [0.4, 0.5) is 0 Å². The lowest BCUT2D eigenvalue weighted by Gasteiger charge is -2.15. The highest BCUT2D eigenvalue weighted by atomic mass is 16.5. The third-order valence-corrected chi connectivity index (χ3v) is 3.13. The van der Waals surface area contributed by atoms with Gasteiger partial charge in [-0.15, -0.1) is 0 Å². The maximum Gasteiger partial charge on any atom is 0.119 e. The molecule has 1 rings (SSSR count). The SMILES string of the molecule is CC(C)CCC(C)NCc1ccc(OC(C)C)cc1. The predicted molar refractivity (Wildman–Crippen MR) is 82.6 cm³/mol. The van der Waals surface area contributed by atoms with Crippen LogP contribution in [0.5, 0.6) is 5.75 Å². The minimum atomic E-state index is 0.236. The lowest BCUT2D eigenvalue weighted by atomic mass is 10.0. The van der Waals surface area contributed by atoms with Crippen LogP contribution >= 0.6 is 0 Å². The van der Waals surface area contributed by atoms with Gasteiger partial charge >= 0.3 is 0 Å². The first kappa shape index (κ1) is 16.0. The molecule has 0 amide bonds. The number of nitrogens with one attached hydrogen (secondary N) is 1. The quantitative estimate of drug-likeness (QED) is 0.751. The van der Waals surface area contributed by atoms with E-state index in [9.17, 15) is 0 Å². The minimum absolute atomic E-state index is 0.236. The Morgan fingerprint density at radius 3 is 2.11 bits per heavy atom. The normalized spacial score (nSPS) is 13.0. The number of hydrogen-bond donors (Lipinski definition) is 1. The summed E-state index contributed by atoms with van der Waals surface area (Å²) < 4.78 is 5.64. The van der Waals surface area contributed by atoms with E-state index < -0.39 is 0 Å². The molecular weight excluding hydrogens is 234 g/mol. The third kappa shape index (κ3) is 7.22. The standard InChI is InChI=1S/C17H29NO/c1-13(2)6-7-15(5)18-12-16-8-10-17(11-9-16)19-14(3)4/h8-11,13-15,18H,6-7,12H2,1-5H3. The average molecular weight is 263 g/mol. The highest BCUT2D eigenvalue weighted by Gasteiger charge is 2.04. The van der Waals surface area contributed by atoms with E-state index in [2.05, 4.69) is 50.4 Å². The third-order valence-electron chi connectivity index (χ3n) is 3.13. The summed E-state index contributed by atoms with van der Waals surface area (Å²) >= 11 is 0. The fraction of sp³-hybridized carbons (Fsp3) is 0.647. The van der Waals surface area contributed by atoms with Crippen LogP contribution in [-0.2, 0) is 6.54 Å². The maximum absolute atomic E-state index is 5.64. The first-order valence-electron chi connectivity index (χ1n) is 7.46. The lowest BCUT2D eigenvalue weighted by molar-refractivity contribution is 0.242. The van der Waals surface area contributed by atoms with Crippen LogP contribution in [0, 0.1) is 5.92 Å². The highest BCUT2D eigenvalue weighted by molar-refractivity contribution is 5.27. The molecule has 2 nitrogen and oxygen atoms in total. The van der Waals surface area contributed by atoms with E-state index in [0.717, 1.165) is 18.2 Å². The van der Waals surface area contributed by atoms with Crippen LogP contribution < -0.4 is 10.1 Å². The molecule has 0 aliphatic heterocycles. The van der Waals surface area contributed by atoms with Crippen molar-refractivity contribution in [3.63, 3.8) is 0 Å². The second-order valence-electron chi connectivity index (χ2n) is 6.06. The lowest BCUT2D eigenvalue weighted by Crippen LogP contribution is -2.25. The molecule has 108 valence electrons. The molecule has 0 fully saturated rings. The molecule has 1 aromatic carbocycles. The Labute approximate surface area is 118 Å². The molecular formula is C17H29NO. The Morgan fingerprint density at radius 2 is 1.58 bits per heavy atom. The maximum atomic E-state index is 5.64. The van der Waals surface area contributed by atoms with Crippen molar-refractivity contribution in [3.8, 4) is 5.75 Å². The zero-order valence-corrected chi connectivity index (χ0v) is 13.1. The van der Waals surface area contributed by atoms with Crippen molar-refractivity contribution in [2.45, 2.75) is 66.2 Å². The molecule has 0 heterocycles. The van der Waals surface area contributed by atoms with Crippen LogP contribution in [0.3, 0.4) is 0 Å². The number of benzene rings is 1. The van der Waals surface area contributed by atoms with Crippen LogP contribution in [0.1, 0.15) is 53.0 Å². The van der Waals surface area contributed by atoms with E-state index in [4.69, 9.17) is 4.74 Å². The summed E-state index contributed by atoms with van der Waals surface area (Å²) in [5, 5.41) is 3.57. The monoisotopic (exact) mass is 263 g/mol. The summed E-state index contributed by atoms with van der Waals surface area (Å²) in [7, 11) is 0. The Hall–Kier alpha value is -1.02. The zero-order valence-electron chi connectivity index (χ0n) is 13.1. The first-order chi connectivity index (χ1) is 8.97. The van der Waals surface area contributed by atoms with Crippen molar-refractivity contribution in [1.29, 1.82) is 0 Å². The molecule has 0 spiro atoms. The van der Waals surface area contributed by atoms with Gasteiger partial charge in [0.15, 0.2) is 0 Å². The predicted octanol–water partition coefficient (Wildman–Crippen LogP) is 4.39. The Balaban J connectivity index is 2.33. The van der Waals surface area contributed by atoms with Crippen molar-refractivity contribution in [3.05, 3.63) is 29.8 Å². The van der Waals surface area contributed by atoms with Gasteiger partial charge in [0.05, 0.1) is 6.10 Å². The van der Waals surface area contributed by atoms with Crippen molar-refractivity contribution in [1.82, 2.24) is 5.32 Å². The van der Waals surface area contributed by atoms with Gasteiger partial charge in [-0.25, -0.2) is 0 Å². The van der Waals surface area contributed by atoms with Crippen molar-refractivity contribution in [2.75, 3.05) is 0 Å². The van der Waals surface area contributed by atoms with E-state index in [1.807, 2.05) is 13.8 Å². The molecule has 0 radical (unpaired) electrons. The summed E-state index contributed by atoms with van der Waals surface area (Å²) in [6.45, 7) is 11.8. The second-order valence-corrected chi connectivity index (χ2v) is 6.06. The largest absolute Gasteiger partial charge is 0.491 e.